The van der Waals surface area contributed by atoms with Crippen LogP contribution in [-0.2, 0) is 0 Å². The number of hydrogen-bond acceptors (Lipinski definition) is 0. The van der Waals surface area contributed by atoms with E-state index in [1.54, 1.807) is 0 Å². The molecule has 0 nitrogen and oxygen atoms in total. The number of hydrogen-bond donors (Lipinski definition) is 0. The van der Waals surface area contributed by atoms with Crippen molar-refractivity contribution in [3.05, 3.63) is 47.0 Å². The van der Waals surface area contributed by atoms with Gasteiger partial charge in [-0.25, -0.2) is 0 Å². The molecule has 0 heterocycles. The number of rotatable bonds is 2. The topological polar surface area (TPSA) is 0 Å². The molecule has 0 unspecified atom stereocenters. The SMILES string of the molecule is CCCCC#CC=CC#Cc1cccc(C)c1C. The van der Waals surface area contributed by atoms with E-state index in [1.807, 2.05) is 18.2 Å². The van der Waals surface area contributed by atoms with E-state index in [2.05, 4.69) is 56.6 Å². The highest BCUT2D eigenvalue weighted by molar-refractivity contribution is 5.46. The van der Waals surface area contributed by atoms with Crippen LogP contribution in [0.25, 0.3) is 0 Å². The van der Waals surface area contributed by atoms with Gasteiger partial charge >= 0.3 is 0 Å². The van der Waals surface area contributed by atoms with Gasteiger partial charge in [-0.15, -0.1) is 0 Å². The highest BCUT2D eigenvalue weighted by Gasteiger charge is 1.95. The Morgan fingerprint density at radius 2 is 1.89 bits per heavy atom. The van der Waals surface area contributed by atoms with Crippen molar-refractivity contribution < 1.29 is 0 Å². The standard InChI is InChI=1S/C18H20/c1-4-5-6-7-8-9-10-11-14-18-15-12-13-16(2)17(18)3/h9-10,12-13,15H,4-6H2,1-3H3. The molecule has 0 heteroatoms. The summed E-state index contributed by atoms with van der Waals surface area (Å²) in [6, 6.07) is 6.20. The Balaban J connectivity index is 2.58. The minimum Gasteiger partial charge on any atom is -0.0985 e. The molecule has 0 aliphatic carbocycles. The van der Waals surface area contributed by atoms with Gasteiger partial charge in [-0.05, 0) is 49.6 Å². The van der Waals surface area contributed by atoms with E-state index in [1.165, 1.54) is 24.0 Å². The molecule has 0 spiro atoms. The van der Waals surface area contributed by atoms with Crippen molar-refractivity contribution >= 4 is 0 Å². The summed E-state index contributed by atoms with van der Waals surface area (Å²) in [4.78, 5) is 0. The fourth-order valence-corrected chi connectivity index (χ4v) is 1.49. The van der Waals surface area contributed by atoms with Crippen molar-refractivity contribution in [1.29, 1.82) is 0 Å². The third-order valence-corrected chi connectivity index (χ3v) is 2.82. The molecule has 0 saturated heterocycles. The number of allylic oxidation sites excluding steroid dienone is 2. The summed E-state index contributed by atoms with van der Waals surface area (Å²) in [6.07, 6.45) is 7.00. The number of aryl methyl sites for hydroxylation is 1. The summed E-state index contributed by atoms with van der Waals surface area (Å²) in [5.41, 5.74) is 3.64. The van der Waals surface area contributed by atoms with E-state index in [0.717, 1.165) is 12.0 Å². The Hall–Kier alpha value is -1.92. The van der Waals surface area contributed by atoms with Gasteiger partial charge in [-0.2, -0.15) is 0 Å². The molecule has 0 aliphatic rings. The molecule has 0 radical (unpaired) electrons. The lowest BCUT2D eigenvalue weighted by Crippen LogP contribution is -1.85. The third kappa shape index (κ3) is 4.94. The maximum atomic E-state index is 3.15. The summed E-state index contributed by atoms with van der Waals surface area (Å²) in [5, 5.41) is 0. The molecule has 0 saturated carbocycles. The molecular formula is C18H20. The fraction of sp³-hybridized carbons (Fsp3) is 0.333. The average molecular weight is 236 g/mol. The molecule has 1 aromatic carbocycles. The van der Waals surface area contributed by atoms with Crippen LogP contribution in [0.4, 0.5) is 0 Å². The second-order valence-electron chi connectivity index (χ2n) is 4.27. The molecule has 1 aromatic rings. The van der Waals surface area contributed by atoms with Gasteiger partial charge in [0.2, 0.25) is 0 Å². The van der Waals surface area contributed by atoms with Gasteiger partial charge in [0, 0.05) is 12.0 Å². The fourth-order valence-electron chi connectivity index (χ4n) is 1.49. The zero-order chi connectivity index (χ0) is 13.2. The van der Waals surface area contributed by atoms with Gasteiger partial charge < -0.3 is 0 Å². The Bertz CT molecular complexity index is 525. The summed E-state index contributed by atoms with van der Waals surface area (Å²) in [7, 11) is 0. The zero-order valence-electron chi connectivity index (χ0n) is 11.5. The van der Waals surface area contributed by atoms with Crippen LogP contribution < -0.4 is 0 Å². The normalized spacial score (nSPS) is 9.50. The van der Waals surface area contributed by atoms with Crippen LogP contribution in [-0.4, -0.2) is 0 Å². The molecular weight excluding hydrogens is 216 g/mol. The van der Waals surface area contributed by atoms with Crippen molar-refractivity contribution in [2.75, 3.05) is 0 Å². The van der Waals surface area contributed by atoms with Crippen molar-refractivity contribution in [1.82, 2.24) is 0 Å². The molecule has 0 aromatic heterocycles. The van der Waals surface area contributed by atoms with Crippen molar-refractivity contribution in [3.63, 3.8) is 0 Å². The summed E-state index contributed by atoms with van der Waals surface area (Å²) >= 11 is 0. The molecule has 0 bridgehead atoms. The van der Waals surface area contributed by atoms with Crippen LogP contribution in [0.15, 0.2) is 30.4 Å². The van der Waals surface area contributed by atoms with Gasteiger partial charge in [0.1, 0.15) is 0 Å². The summed E-state index contributed by atoms with van der Waals surface area (Å²) in [6.45, 7) is 6.39. The molecule has 0 fully saturated rings. The number of unbranched alkanes of at least 4 members (excludes halogenated alkanes) is 2. The Morgan fingerprint density at radius 3 is 2.67 bits per heavy atom. The van der Waals surface area contributed by atoms with Gasteiger partial charge in [0.05, 0.1) is 0 Å². The third-order valence-electron chi connectivity index (χ3n) is 2.82. The van der Waals surface area contributed by atoms with Gasteiger partial charge in [-0.1, -0.05) is 49.2 Å². The lowest BCUT2D eigenvalue weighted by atomic mass is 10.0. The molecule has 0 atom stereocenters. The first-order chi connectivity index (χ1) is 8.75. The predicted molar refractivity (Wildman–Crippen MR) is 79.2 cm³/mol. The quantitative estimate of drug-likeness (QED) is 0.527. The molecule has 18 heavy (non-hydrogen) atoms. The molecule has 0 amide bonds. The Morgan fingerprint density at radius 1 is 1.11 bits per heavy atom. The first kappa shape index (κ1) is 14.1. The van der Waals surface area contributed by atoms with Crippen LogP contribution in [0, 0.1) is 37.5 Å². The maximum absolute atomic E-state index is 3.15. The van der Waals surface area contributed by atoms with Gasteiger partial charge in [0.25, 0.3) is 0 Å². The van der Waals surface area contributed by atoms with Crippen LogP contribution >= 0.6 is 0 Å². The summed E-state index contributed by atoms with van der Waals surface area (Å²) < 4.78 is 0. The van der Waals surface area contributed by atoms with E-state index in [4.69, 9.17) is 0 Å². The number of benzene rings is 1. The Kier molecular flexibility index (Phi) is 6.45. The van der Waals surface area contributed by atoms with E-state index in [0.29, 0.717) is 0 Å². The van der Waals surface area contributed by atoms with E-state index in [9.17, 15) is 0 Å². The molecule has 0 aliphatic heterocycles. The van der Waals surface area contributed by atoms with Crippen LogP contribution in [0.1, 0.15) is 42.9 Å². The van der Waals surface area contributed by atoms with Crippen LogP contribution in [0.2, 0.25) is 0 Å². The Labute approximate surface area is 111 Å². The average Bonchev–Trinajstić information content (AvgIpc) is 2.37. The smallest absolute Gasteiger partial charge is 0.0280 e. The van der Waals surface area contributed by atoms with Crippen LogP contribution in [0.5, 0.6) is 0 Å². The second-order valence-corrected chi connectivity index (χ2v) is 4.27. The second kappa shape index (κ2) is 8.21. The largest absolute Gasteiger partial charge is 0.0985 e. The van der Waals surface area contributed by atoms with E-state index < -0.39 is 0 Å². The first-order valence-electron chi connectivity index (χ1n) is 6.47. The van der Waals surface area contributed by atoms with Crippen molar-refractivity contribution in [2.45, 2.75) is 40.0 Å². The molecule has 0 N–H and O–H groups in total. The maximum Gasteiger partial charge on any atom is 0.0280 e. The molecule has 1 rings (SSSR count). The highest BCUT2D eigenvalue weighted by atomic mass is 14.0. The van der Waals surface area contributed by atoms with Gasteiger partial charge in [-0.3, -0.25) is 0 Å². The lowest BCUT2D eigenvalue weighted by Gasteiger charge is -2.00. The zero-order valence-corrected chi connectivity index (χ0v) is 11.5. The molecule has 92 valence electrons. The van der Waals surface area contributed by atoms with Gasteiger partial charge in [0.15, 0.2) is 0 Å². The minimum absolute atomic E-state index is 0.977. The van der Waals surface area contributed by atoms with Crippen molar-refractivity contribution in [3.8, 4) is 23.7 Å². The minimum atomic E-state index is 0.977. The highest BCUT2D eigenvalue weighted by Crippen LogP contribution is 2.10. The monoisotopic (exact) mass is 236 g/mol. The lowest BCUT2D eigenvalue weighted by molar-refractivity contribution is 0.828. The summed E-state index contributed by atoms with van der Waals surface area (Å²) in [5.74, 6) is 12.3. The van der Waals surface area contributed by atoms with Crippen molar-refractivity contribution in [2.24, 2.45) is 0 Å². The predicted octanol–water partition coefficient (Wildman–Crippen LogP) is 4.40. The van der Waals surface area contributed by atoms with E-state index in [-0.39, 0.29) is 0 Å². The first-order valence-corrected chi connectivity index (χ1v) is 6.47. The van der Waals surface area contributed by atoms with E-state index >= 15 is 0 Å². The van der Waals surface area contributed by atoms with Crippen LogP contribution in [0.3, 0.4) is 0 Å².